The van der Waals surface area contributed by atoms with Crippen molar-refractivity contribution in [2.45, 2.75) is 65.2 Å². The highest BCUT2D eigenvalue weighted by atomic mass is 16.5. The first-order valence-corrected chi connectivity index (χ1v) is 10.2. The Balaban J connectivity index is 3.48. The van der Waals surface area contributed by atoms with E-state index in [2.05, 4.69) is 13.2 Å². The number of ether oxygens (including phenoxy) is 4. The lowest BCUT2D eigenvalue weighted by atomic mass is 10.2. The number of hydrogen-bond donors (Lipinski definition) is 0. The van der Waals surface area contributed by atoms with Gasteiger partial charge in [-0.1, -0.05) is 13.2 Å². The van der Waals surface area contributed by atoms with E-state index in [1.807, 2.05) is 0 Å². The third-order valence-corrected chi connectivity index (χ3v) is 3.78. The predicted octanol–water partition coefficient (Wildman–Crippen LogP) is 3.43. The Morgan fingerprint density at radius 1 is 0.533 bits per heavy atom. The van der Waals surface area contributed by atoms with Crippen LogP contribution in [0.25, 0.3) is 0 Å². The zero-order chi connectivity index (χ0) is 22.8. The SMILES string of the molecule is C=C(C)C(=O)OCCCCOC(=O)CCCCC(=O)OCCCCOC(=O)C(=C)C. The molecule has 0 aliphatic rings. The molecule has 8 nitrogen and oxygen atoms in total. The van der Waals surface area contributed by atoms with Gasteiger partial charge >= 0.3 is 23.9 Å². The van der Waals surface area contributed by atoms with Gasteiger partial charge < -0.3 is 18.9 Å². The minimum Gasteiger partial charge on any atom is -0.466 e. The monoisotopic (exact) mass is 426 g/mol. The molecule has 0 amide bonds. The summed E-state index contributed by atoms with van der Waals surface area (Å²) < 4.78 is 20.0. The molecular weight excluding hydrogens is 392 g/mol. The standard InChI is InChI=1S/C22H34O8/c1-17(2)21(25)29-15-9-7-13-27-19(23)11-5-6-12-20(24)28-14-8-10-16-30-22(26)18(3)4/h1,3,5-16H2,2,4H3. The maximum Gasteiger partial charge on any atom is 0.333 e. The van der Waals surface area contributed by atoms with Crippen LogP contribution in [0.4, 0.5) is 0 Å². The number of hydrogen-bond acceptors (Lipinski definition) is 8. The second kappa shape index (κ2) is 17.2. The molecule has 0 aromatic heterocycles. The lowest BCUT2D eigenvalue weighted by Crippen LogP contribution is -2.10. The molecule has 0 saturated carbocycles. The Morgan fingerprint density at radius 3 is 1.13 bits per heavy atom. The van der Waals surface area contributed by atoms with Crippen molar-refractivity contribution >= 4 is 23.9 Å². The Bertz CT molecular complexity index is 542. The van der Waals surface area contributed by atoms with Crippen LogP contribution >= 0.6 is 0 Å². The number of rotatable bonds is 17. The van der Waals surface area contributed by atoms with Crippen LogP contribution in [0.15, 0.2) is 24.3 Å². The normalized spacial score (nSPS) is 10.1. The van der Waals surface area contributed by atoms with E-state index in [9.17, 15) is 19.2 Å². The summed E-state index contributed by atoms with van der Waals surface area (Å²) in [4.78, 5) is 45.5. The van der Waals surface area contributed by atoms with E-state index in [0.717, 1.165) is 0 Å². The van der Waals surface area contributed by atoms with Gasteiger partial charge in [0.2, 0.25) is 0 Å². The third-order valence-electron chi connectivity index (χ3n) is 3.78. The molecule has 0 heterocycles. The summed E-state index contributed by atoms with van der Waals surface area (Å²) in [5.41, 5.74) is 0.707. The summed E-state index contributed by atoms with van der Waals surface area (Å²) in [5, 5.41) is 0. The Morgan fingerprint density at radius 2 is 0.833 bits per heavy atom. The lowest BCUT2D eigenvalue weighted by Gasteiger charge is -2.07. The van der Waals surface area contributed by atoms with Gasteiger partial charge in [0.15, 0.2) is 0 Å². The number of carbonyl (C=O) groups is 4. The van der Waals surface area contributed by atoms with Crippen molar-refractivity contribution in [3.8, 4) is 0 Å². The molecule has 0 aromatic carbocycles. The molecule has 30 heavy (non-hydrogen) atoms. The molecular formula is C22H34O8. The second-order valence-corrected chi connectivity index (χ2v) is 6.89. The second-order valence-electron chi connectivity index (χ2n) is 6.89. The van der Waals surface area contributed by atoms with Crippen molar-refractivity contribution in [2.24, 2.45) is 0 Å². The highest BCUT2D eigenvalue weighted by Gasteiger charge is 2.07. The molecule has 0 rings (SSSR count). The van der Waals surface area contributed by atoms with Crippen molar-refractivity contribution < 1.29 is 38.1 Å². The van der Waals surface area contributed by atoms with Crippen molar-refractivity contribution in [1.29, 1.82) is 0 Å². The van der Waals surface area contributed by atoms with Gasteiger partial charge in [0.1, 0.15) is 0 Å². The smallest absolute Gasteiger partial charge is 0.333 e. The fourth-order valence-corrected chi connectivity index (χ4v) is 2.04. The number of esters is 4. The van der Waals surface area contributed by atoms with Gasteiger partial charge in [0.05, 0.1) is 26.4 Å². The van der Waals surface area contributed by atoms with E-state index < -0.39 is 11.9 Å². The Hall–Kier alpha value is -2.64. The average Bonchev–Trinajstić information content (AvgIpc) is 2.69. The number of carbonyl (C=O) groups excluding carboxylic acids is 4. The van der Waals surface area contributed by atoms with Gasteiger partial charge in [0.25, 0.3) is 0 Å². The van der Waals surface area contributed by atoms with E-state index in [0.29, 0.717) is 49.7 Å². The first-order valence-electron chi connectivity index (χ1n) is 10.2. The van der Waals surface area contributed by atoms with Crippen LogP contribution in [0.5, 0.6) is 0 Å². The van der Waals surface area contributed by atoms with Gasteiger partial charge in [-0.05, 0) is 52.4 Å². The first-order chi connectivity index (χ1) is 14.2. The van der Waals surface area contributed by atoms with Gasteiger partial charge in [-0.2, -0.15) is 0 Å². The Labute approximate surface area is 178 Å². The van der Waals surface area contributed by atoms with Gasteiger partial charge in [-0.15, -0.1) is 0 Å². The third kappa shape index (κ3) is 16.3. The van der Waals surface area contributed by atoms with E-state index in [1.54, 1.807) is 13.8 Å². The molecule has 0 aromatic rings. The van der Waals surface area contributed by atoms with Crippen LogP contribution in [0, 0.1) is 0 Å². The molecule has 0 aliphatic carbocycles. The first kappa shape index (κ1) is 27.4. The molecule has 8 heteroatoms. The van der Waals surface area contributed by atoms with Gasteiger partial charge in [-0.25, -0.2) is 9.59 Å². The molecule has 0 unspecified atom stereocenters. The fraction of sp³-hybridized carbons (Fsp3) is 0.636. The van der Waals surface area contributed by atoms with Crippen LogP contribution in [-0.2, 0) is 38.1 Å². The van der Waals surface area contributed by atoms with Crippen molar-refractivity contribution in [3.05, 3.63) is 24.3 Å². The van der Waals surface area contributed by atoms with E-state index in [4.69, 9.17) is 18.9 Å². The number of unbranched alkanes of at least 4 members (excludes halogenated alkanes) is 3. The molecule has 0 fully saturated rings. The van der Waals surface area contributed by atoms with Crippen LogP contribution < -0.4 is 0 Å². The zero-order valence-electron chi connectivity index (χ0n) is 18.2. The molecule has 0 saturated heterocycles. The molecule has 0 N–H and O–H groups in total. The molecule has 0 bridgehead atoms. The van der Waals surface area contributed by atoms with E-state index >= 15 is 0 Å². The van der Waals surface area contributed by atoms with E-state index in [1.165, 1.54) is 0 Å². The summed E-state index contributed by atoms with van der Waals surface area (Å²) in [6.45, 7) is 11.2. The highest BCUT2D eigenvalue weighted by molar-refractivity contribution is 5.87. The minimum absolute atomic E-state index is 0.242. The largest absolute Gasteiger partial charge is 0.466 e. The van der Waals surface area contributed by atoms with Crippen molar-refractivity contribution in [2.75, 3.05) is 26.4 Å². The van der Waals surface area contributed by atoms with Gasteiger partial charge in [0, 0.05) is 24.0 Å². The van der Waals surface area contributed by atoms with Crippen LogP contribution in [0.3, 0.4) is 0 Å². The van der Waals surface area contributed by atoms with Crippen LogP contribution in [0.1, 0.15) is 65.2 Å². The maximum atomic E-state index is 11.6. The van der Waals surface area contributed by atoms with Crippen molar-refractivity contribution in [3.63, 3.8) is 0 Å². The quantitative estimate of drug-likeness (QED) is 0.151. The summed E-state index contributed by atoms with van der Waals surface area (Å²) in [6.07, 6.45) is 3.99. The van der Waals surface area contributed by atoms with Crippen LogP contribution in [-0.4, -0.2) is 50.3 Å². The summed E-state index contributed by atoms with van der Waals surface area (Å²) in [7, 11) is 0. The van der Waals surface area contributed by atoms with E-state index in [-0.39, 0.29) is 51.2 Å². The fourth-order valence-electron chi connectivity index (χ4n) is 2.04. The molecule has 0 aliphatic heterocycles. The van der Waals surface area contributed by atoms with Gasteiger partial charge in [-0.3, -0.25) is 9.59 Å². The minimum atomic E-state index is -0.422. The molecule has 0 radical (unpaired) electrons. The lowest BCUT2D eigenvalue weighted by molar-refractivity contribution is -0.146. The maximum absolute atomic E-state index is 11.6. The molecule has 170 valence electrons. The van der Waals surface area contributed by atoms with Crippen molar-refractivity contribution in [1.82, 2.24) is 0 Å². The topological polar surface area (TPSA) is 105 Å². The van der Waals surface area contributed by atoms with Crippen LogP contribution in [0.2, 0.25) is 0 Å². The molecule has 0 spiro atoms. The molecule has 0 atom stereocenters. The predicted molar refractivity (Wildman–Crippen MR) is 110 cm³/mol. The summed E-state index contributed by atoms with van der Waals surface area (Å²) in [5.74, 6) is -1.47. The Kier molecular flexibility index (Phi) is 15.7. The summed E-state index contributed by atoms with van der Waals surface area (Å²) in [6, 6.07) is 0. The zero-order valence-corrected chi connectivity index (χ0v) is 18.2. The average molecular weight is 427 g/mol. The summed E-state index contributed by atoms with van der Waals surface area (Å²) >= 11 is 0. The highest BCUT2D eigenvalue weighted by Crippen LogP contribution is 2.05.